The number of nitrogens with one attached hydrogen (secondary N) is 1. The van der Waals surface area contributed by atoms with E-state index in [1.807, 2.05) is 37.3 Å². The number of nitrogens with zero attached hydrogens (tertiary/aromatic N) is 2. The van der Waals surface area contributed by atoms with Crippen LogP contribution in [-0.2, 0) is 4.79 Å². The number of benzene rings is 2. The van der Waals surface area contributed by atoms with Gasteiger partial charge in [-0.1, -0.05) is 6.07 Å². The Morgan fingerprint density at radius 1 is 1.15 bits per heavy atom. The summed E-state index contributed by atoms with van der Waals surface area (Å²) in [4.78, 5) is 10.7. The lowest BCUT2D eigenvalue weighted by Crippen LogP contribution is -2.19. The van der Waals surface area contributed by atoms with E-state index in [0.717, 1.165) is 11.3 Å². The molecule has 1 atom stereocenters. The summed E-state index contributed by atoms with van der Waals surface area (Å²) < 4.78 is 11.1. The zero-order chi connectivity index (χ0) is 19.4. The minimum absolute atomic E-state index is 0.146. The Hall–Kier alpha value is -3.35. The molecule has 1 aromatic heterocycles. The summed E-state index contributed by atoms with van der Waals surface area (Å²) >= 11 is 0. The third-order valence-corrected chi connectivity index (χ3v) is 4.18. The summed E-state index contributed by atoms with van der Waals surface area (Å²) in [5, 5.41) is 11.6. The zero-order valence-electron chi connectivity index (χ0n) is 15.5. The fourth-order valence-corrected chi connectivity index (χ4v) is 2.51. The number of amides is 1. The molecule has 0 saturated carbocycles. The maximum atomic E-state index is 10.7. The fraction of sp³-hybridized carbons (Fsp3) is 0.250. The van der Waals surface area contributed by atoms with Crippen molar-refractivity contribution in [1.29, 1.82) is 0 Å². The third-order valence-electron chi connectivity index (χ3n) is 4.18. The quantitative estimate of drug-likeness (QED) is 0.664. The van der Waals surface area contributed by atoms with Crippen molar-refractivity contribution in [3.8, 4) is 17.2 Å². The second kappa shape index (κ2) is 7.90. The van der Waals surface area contributed by atoms with E-state index in [2.05, 4.69) is 29.4 Å². The summed E-state index contributed by atoms with van der Waals surface area (Å²) in [6, 6.07) is 13.1. The Bertz CT molecular complexity index is 935. The number of hydrogen-bond donors (Lipinski definition) is 2. The van der Waals surface area contributed by atoms with Gasteiger partial charge in [-0.2, -0.15) is 0 Å². The van der Waals surface area contributed by atoms with Crippen LogP contribution in [0.5, 0.6) is 5.75 Å². The zero-order valence-corrected chi connectivity index (χ0v) is 15.5. The normalized spacial score (nSPS) is 11.8. The number of nitrogens with two attached hydrogens (primary N) is 1. The van der Waals surface area contributed by atoms with Crippen LogP contribution in [0, 0.1) is 13.8 Å². The first kappa shape index (κ1) is 18.4. The van der Waals surface area contributed by atoms with Crippen LogP contribution in [0.3, 0.4) is 0 Å². The average molecular weight is 366 g/mol. The van der Waals surface area contributed by atoms with Gasteiger partial charge in [0.25, 0.3) is 5.91 Å². The summed E-state index contributed by atoms with van der Waals surface area (Å²) in [5.74, 6) is 1.05. The fourth-order valence-electron chi connectivity index (χ4n) is 2.51. The Morgan fingerprint density at radius 2 is 1.89 bits per heavy atom. The van der Waals surface area contributed by atoms with Gasteiger partial charge in [-0.25, -0.2) is 0 Å². The van der Waals surface area contributed by atoms with Gasteiger partial charge in [-0.05, 0) is 68.3 Å². The second-order valence-corrected chi connectivity index (χ2v) is 6.39. The molecule has 0 radical (unpaired) electrons. The summed E-state index contributed by atoms with van der Waals surface area (Å²) in [6.45, 7) is 5.91. The molecule has 27 heavy (non-hydrogen) atoms. The van der Waals surface area contributed by atoms with E-state index in [1.165, 1.54) is 11.1 Å². The molecule has 0 aliphatic rings. The van der Waals surface area contributed by atoms with Gasteiger partial charge in [-0.15, -0.1) is 10.2 Å². The van der Waals surface area contributed by atoms with Gasteiger partial charge >= 0.3 is 0 Å². The van der Waals surface area contributed by atoms with E-state index in [1.54, 1.807) is 12.1 Å². The molecule has 0 saturated heterocycles. The van der Waals surface area contributed by atoms with Crippen LogP contribution in [0.15, 0.2) is 46.9 Å². The van der Waals surface area contributed by atoms with E-state index >= 15 is 0 Å². The second-order valence-electron chi connectivity index (χ2n) is 6.39. The lowest BCUT2D eigenvalue weighted by Gasteiger charge is -2.12. The third kappa shape index (κ3) is 4.63. The van der Waals surface area contributed by atoms with Crippen molar-refractivity contribution in [3.63, 3.8) is 0 Å². The molecule has 3 aromatic rings. The van der Waals surface area contributed by atoms with Crippen molar-refractivity contribution in [2.45, 2.75) is 26.8 Å². The van der Waals surface area contributed by atoms with Crippen molar-refractivity contribution in [2.75, 3.05) is 11.9 Å². The maximum absolute atomic E-state index is 10.7. The predicted molar refractivity (Wildman–Crippen MR) is 102 cm³/mol. The van der Waals surface area contributed by atoms with Gasteiger partial charge in [0.1, 0.15) is 11.8 Å². The van der Waals surface area contributed by atoms with E-state index in [9.17, 15) is 4.79 Å². The van der Waals surface area contributed by atoms with E-state index in [-0.39, 0.29) is 12.6 Å². The van der Waals surface area contributed by atoms with Gasteiger partial charge in [-0.3, -0.25) is 4.79 Å². The molecule has 0 spiro atoms. The van der Waals surface area contributed by atoms with Gasteiger partial charge in [0, 0.05) is 11.3 Å². The van der Waals surface area contributed by atoms with Crippen LogP contribution in [0.2, 0.25) is 0 Å². The summed E-state index contributed by atoms with van der Waals surface area (Å²) in [6.07, 6.45) is 0. The number of carbonyl (C=O) groups excluding carboxylic acids is 1. The number of ether oxygens (including phenoxy) is 1. The Labute approximate surface area is 157 Å². The molecule has 7 nitrogen and oxygen atoms in total. The first-order valence-electron chi connectivity index (χ1n) is 8.61. The molecule has 0 aliphatic carbocycles. The number of anilines is 1. The number of aryl methyl sites for hydroxylation is 2. The van der Waals surface area contributed by atoms with Crippen LogP contribution in [0.1, 0.15) is 30.0 Å². The number of primary amides is 1. The molecule has 2 aromatic carbocycles. The largest absolute Gasteiger partial charge is 0.484 e. The lowest BCUT2D eigenvalue weighted by atomic mass is 10.1. The number of hydrogen-bond acceptors (Lipinski definition) is 6. The lowest BCUT2D eigenvalue weighted by molar-refractivity contribution is -0.119. The van der Waals surface area contributed by atoms with Crippen molar-refractivity contribution < 1.29 is 13.9 Å². The summed E-state index contributed by atoms with van der Waals surface area (Å²) in [7, 11) is 0. The van der Waals surface area contributed by atoms with Crippen molar-refractivity contribution in [3.05, 3.63) is 59.5 Å². The standard InChI is InChI=1S/C20H22N4O3/c1-12-4-5-15(10-13(12)2)20-24-23-19(27-20)14(3)22-16-6-8-17(9-7-16)26-11-18(21)25/h4-10,14,22H,11H2,1-3H3,(H2,21,25)/t14-/m0/s1. The minimum atomic E-state index is -0.512. The van der Waals surface area contributed by atoms with Crippen LogP contribution in [0.4, 0.5) is 5.69 Å². The van der Waals surface area contributed by atoms with Gasteiger partial charge in [0.15, 0.2) is 6.61 Å². The van der Waals surface area contributed by atoms with Crippen LogP contribution < -0.4 is 15.8 Å². The average Bonchev–Trinajstić information content (AvgIpc) is 3.13. The molecule has 0 bridgehead atoms. The predicted octanol–water partition coefficient (Wildman–Crippen LogP) is 3.39. The molecule has 3 N–H and O–H groups in total. The topological polar surface area (TPSA) is 103 Å². The number of carbonyl (C=O) groups is 1. The highest BCUT2D eigenvalue weighted by Gasteiger charge is 2.15. The molecule has 3 rings (SSSR count). The Morgan fingerprint density at radius 3 is 2.56 bits per heavy atom. The molecule has 1 amide bonds. The molecular formula is C20H22N4O3. The summed E-state index contributed by atoms with van der Waals surface area (Å²) in [5.41, 5.74) is 9.22. The smallest absolute Gasteiger partial charge is 0.255 e. The van der Waals surface area contributed by atoms with Gasteiger partial charge in [0.2, 0.25) is 11.8 Å². The molecule has 0 aliphatic heterocycles. The maximum Gasteiger partial charge on any atom is 0.255 e. The first-order chi connectivity index (χ1) is 12.9. The Kier molecular flexibility index (Phi) is 5.40. The SMILES string of the molecule is Cc1ccc(-c2nnc([C@H](C)Nc3ccc(OCC(N)=O)cc3)o2)cc1C. The molecular weight excluding hydrogens is 344 g/mol. The number of rotatable bonds is 7. The molecule has 0 unspecified atom stereocenters. The first-order valence-corrected chi connectivity index (χ1v) is 8.61. The van der Waals surface area contributed by atoms with Crippen molar-refractivity contribution in [2.24, 2.45) is 5.73 Å². The van der Waals surface area contributed by atoms with E-state index in [4.69, 9.17) is 14.9 Å². The number of aromatic nitrogens is 2. The van der Waals surface area contributed by atoms with E-state index in [0.29, 0.717) is 17.5 Å². The van der Waals surface area contributed by atoms with Gasteiger partial charge < -0.3 is 20.2 Å². The Balaban J connectivity index is 1.66. The minimum Gasteiger partial charge on any atom is -0.484 e. The highest BCUT2D eigenvalue weighted by atomic mass is 16.5. The van der Waals surface area contributed by atoms with E-state index < -0.39 is 5.91 Å². The monoisotopic (exact) mass is 366 g/mol. The molecule has 140 valence electrons. The van der Waals surface area contributed by atoms with Crippen molar-refractivity contribution >= 4 is 11.6 Å². The van der Waals surface area contributed by atoms with Crippen LogP contribution in [-0.4, -0.2) is 22.7 Å². The molecule has 1 heterocycles. The van der Waals surface area contributed by atoms with Gasteiger partial charge in [0.05, 0.1) is 0 Å². The molecule has 7 heteroatoms. The van der Waals surface area contributed by atoms with Crippen LogP contribution in [0.25, 0.3) is 11.5 Å². The highest BCUT2D eigenvalue weighted by molar-refractivity contribution is 5.75. The van der Waals surface area contributed by atoms with Crippen LogP contribution >= 0.6 is 0 Å². The van der Waals surface area contributed by atoms with Crippen molar-refractivity contribution in [1.82, 2.24) is 10.2 Å². The molecule has 0 fully saturated rings. The highest BCUT2D eigenvalue weighted by Crippen LogP contribution is 2.25.